The molecule has 25 heavy (non-hydrogen) atoms. The molecule has 1 unspecified atom stereocenters. The second-order valence-electron chi connectivity index (χ2n) is 7.23. The summed E-state index contributed by atoms with van der Waals surface area (Å²) in [4.78, 5) is 6.72. The number of hydrogen-bond acceptors (Lipinski definition) is 5. The summed E-state index contributed by atoms with van der Waals surface area (Å²) in [5, 5.41) is 2.24. The van der Waals surface area contributed by atoms with Gasteiger partial charge in [0.15, 0.2) is 11.5 Å². The van der Waals surface area contributed by atoms with Crippen LogP contribution in [0, 0.1) is 5.92 Å². The van der Waals surface area contributed by atoms with Gasteiger partial charge in [-0.3, -0.25) is 4.90 Å². The van der Waals surface area contributed by atoms with Crippen LogP contribution in [-0.2, 0) is 12.8 Å². The van der Waals surface area contributed by atoms with E-state index in [0.29, 0.717) is 13.2 Å². The molecule has 2 aliphatic heterocycles. The van der Waals surface area contributed by atoms with E-state index in [9.17, 15) is 0 Å². The third kappa shape index (κ3) is 3.00. The highest BCUT2D eigenvalue weighted by Crippen LogP contribution is 2.40. The van der Waals surface area contributed by atoms with Gasteiger partial charge in [0.25, 0.3) is 0 Å². The van der Waals surface area contributed by atoms with Gasteiger partial charge in [-0.25, -0.2) is 0 Å². The molecule has 1 fully saturated rings. The smallest absolute Gasteiger partial charge is 0.184 e. The standard InChI is InChI=1S/C20H24N2O2S/c1-2-17(20-18(3-1)23-9-10-24-20)22-7-5-21(6-8-22)14-15-12-16-4-11-25-19(16)13-15/h1-4,11,15H,5-10,12-14H2. The van der Waals surface area contributed by atoms with Crippen molar-refractivity contribution < 1.29 is 9.47 Å². The van der Waals surface area contributed by atoms with Crippen LogP contribution in [0.2, 0.25) is 0 Å². The number of benzene rings is 1. The number of ether oxygens (including phenoxy) is 2. The fourth-order valence-corrected chi connectivity index (χ4v) is 5.38. The number of hydrogen-bond donors (Lipinski definition) is 0. The molecular weight excluding hydrogens is 332 g/mol. The Kier molecular flexibility index (Phi) is 4.06. The molecule has 0 amide bonds. The van der Waals surface area contributed by atoms with Crippen LogP contribution < -0.4 is 14.4 Å². The van der Waals surface area contributed by atoms with E-state index in [2.05, 4.69) is 33.4 Å². The van der Waals surface area contributed by atoms with Gasteiger partial charge in [0.1, 0.15) is 13.2 Å². The van der Waals surface area contributed by atoms with Gasteiger partial charge < -0.3 is 14.4 Å². The summed E-state index contributed by atoms with van der Waals surface area (Å²) >= 11 is 1.94. The largest absolute Gasteiger partial charge is 0.486 e. The van der Waals surface area contributed by atoms with Crippen molar-refractivity contribution in [2.24, 2.45) is 5.92 Å². The number of piperazine rings is 1. The Morgan fingerprint density at radius 2 is 1.88 bits per heavy atom. The van der Waals surface area contributed by atoms with Crippen molar-refractivity contribution in [2.75, 3.05) is 50.8 Å². The lowest BCUT2D eigenvalue weighted by atomic mass is 10.1. The molecule has 0 N–H and O–H groups in total. The normalized spacial score (nSPS) is 22.9. The van der Waals surface area contributed by atoms with Crippen LogP contribution in [0.5, 0.6) is 11.5 Å². The molecule has 1 aromatic heterocycles. The number of anilines is 1. The lowest BCUT2D eigenvalue weighted by Gasteiger charge is -2.38. The second kappa shape index (κ2) is 6.54. The van der Waals surface area contributed by atoms with Gasteiger partial charge in [-0.2, -0.15) is 0 Å². The maximum Gasteiger partial charge on any atom is 0.184 e. The third-order valence-corrected chi connectivity index (χ3v) is 6.58. The van der Waals surface area contributed by atoms with E-state index in [1.54, 1.807) is 10.4 Å². The van der Waals surface area contributed by atoms with Crippen molar-refractivity contribution in [2.45, 2.75) is 12.8 Å². The highest BCUT2D eigenvalue weighted by atomic mass is 32.1. The Labute approximate surface area is 153 Å². The van der Waals surface area contributed by atoms with E-state index >= 15 is 0 Å². The third-order valence-electron chi connectivity index (χ3n) is 5.60. The van der Waals surface area contributed by atoms with E-state index in [-0.39, 0.29) is 0 Å². The highest BCUT2D eigenvalue weighted by molar-refractivity contribution is 7.10. The van der Waals surface area contributed by atoms with Gasteiger partial charge in [-0.05, 0) is 47.9 Å². The van der Waals surface area contributed by atoms with Gasteiger partial charge in [-0.15, -0.1) is 11.3 Å². The summed E-state index contributed by atoms with van der Waals surface area (Å²) in [6, 6.07) is 8.57. The first-order valence-electron chi connectivity index (χ1n) is 9.28. The average Bonchev–Trinajstić information content (AvgIpc) is 3.24. The molecule has 5 rings (SSSR count). The molecule has 0 bridgehead atoms. The van der Waals surface area contributed by atoms with Crippen molar-refractivity contribution in [1.29, 1.82) is 0 Å². The zero-order valence-electron chi connectivity index (χ0n) is 14.4. The molecule has 0 radical (unpaired) electrons. The second-order valence-corrected chi connectivity index (χ2v) is 8.23. The summed E-state index contributed by atoms with van der Waals surface area (Å²) in [5.74, 6) is 2.64. The molecule has 1 aliphatic carbocycles. The number of para-hydroxylation sites is 1. The summed E-state index contributed by atoms with van der Waals surface area (Å²) < 4.78 is 11.6. The summed E-state index contributed by atoms with van der Waals surface area (Å²) in [6.45, 7) is 6.93. The van der Waals surface area contributed by atoms with Crippen molar-refractivity contribution >= 4 is 17.0 Å². The van der Waals surface area contributed by atoms with E-state index in [0.717, 1.165) is 43.6 Å². The zero-order valence-corrected chi connectivity index (χ0v) is 15.3. The topological polar surface area (TPSA) is 24.9 Å². The maximum atomic E-state index is 5.89. The number of rotatable bonds is 3. The Morgan fingerprint density at radius 1 is 1.00 bits per heavy atom. The van der Waals surface area contributed by atoms with Crippen LogP contribution in [0.4, 0.5) is 5.69 Å². The summed E-state index contributed by atoms with van der Waals surface area (Å²) in [7, 11) is 0. The van der Waals surface area contributed by atoms with Crippen molar-refractivity contribution in [1.82, 2.24) is 4.90 Å². The van der Waals surface area contributed by atoms with Crippen molar-refractivity contribution in [3.63, 3.8) is 0 Å². The maximum absolute atomic E-state index is 5.89. The molecule has 5 heteroatoms. The quantitative estimate of drug-likeness (QED) is 0.844. The molecule has 0 spiro atoms. The first kappa shape index (κ1) is 15.5. The van der Waals surface area contributed by atoms with Gasteiger partial charge >= 0.3 is 0 Å². The predicted molar refractivity (Wildman–Crippen MR) is 101 cm³/mol. The molecular formula is C20H24N2O2S. The Morgan fingerprint density at radius 3 is 2.76 bits per heavy atom. The zero-order chi connectivity index (χ0) is 16.6. The van der Waals surface area contributed by atoms with Crippen LogP contribution in [0.1, 0.15) is 10.4 Å². The molecule has 0 saturated carbocycles. The van der Waals surface area contributed by atoms with Gasteiger partial charge in [-0.1, -0.05) is 6.07 Å². The van der Waals surface area contributed by atoms with Crippen molar-refractivity contribution in [3.8, 4) is 11.5 Å². The van der Waals surface area contributed by atoms with Crippen LogP contribution in [0.3, 0.4) is 0 Å². The molecule has 4 nitrogen and oxygen atoms in total. The molecule has 2 aromatic rings. The van der Waals surface area contributed by atoms with E-state index in [1.807, 2.05) is 17.4 Å². The average molecular weight is 356 g/mol. The van der Waals surface area contributed by atoms with Crippen LogP contribution in [0.25, 0.3) is 0 Å². The minimum atomic E-state index is 0.649. The fourth-order valence-electron chi connectivity index (χ4n) is 4.35. The first-order valence-corrected chi connectivity index (χ1v) is 10.2. The molecule has 1 aromatic carbocycles. The Hall–Kier alpha value is -1.72. The summed E-state index contributed by atoms with van der Waals surface area (Å²) in [5.41, 5.74) is 2.79. The fraction of sp³-hybridized carbons (Fsp3) is 0.500. The first-order chi connectivity index (χ1) is 12.4. The lowest BCUT2D eigenvalue weighted by Crippen LogP contribution is -2.48. The molecule has 1 atom stereocenters. The van der Waals surface area contributed by atoms with E-state index in [1.165, 1.54) is 25.1 Å². The molecule has 132 valence electrons. The number of thiophene rings is 1. The lowest BCUT2D eigenvalue weighted by molar-refractivity contribution is 0.171. The van der Waals surface area contributed by atoms with E-state index < -0.39 is 0 Å². The SMILES string of the molecule is c1cc2c(c(N3CCN(CC4Cc5ccsc5C4)CC3)c1)OCCO2. The minimum Gasteiger partial charge on any atom is -0.486 e. The summed E-state index contributed by atoms with van der Waals surface area (Å²) in [6.07, 6.45) is 2.56. The van der Waals surface area contributed by atoms with Gasteiger partial charge in [0, 0.05) is 37.6 Å². The van der Waals surface area contributed by atoms with Crippen molar-refractivity contribution in [3.05, 3.63) is 40.1 Å². The Balaban J connectivity index is 1.20. The Bertz CT molecular complexity index is 731. The van der Waals surface area contributed by atoms with Crippen LogP contribution in [-0.4, -0.2) is 50.8 Å². The molecule has 3 heterocycles. The minimum absolute atomic E-state index is 0.649. The number of nitrogens with zero attached hydrogens (tertiary/aromatic N) is 2. The van der Waals surface area contributed by atoms with Crippen LogP contribution in [0.15, 0.2) is 29.6 Å². The van der Waals surface area contributed by atoms with Crippen LogP contribution >= 0.6 is 11.3 Å². The van der Waals surface area contributed by atoms with E-state index in [4.69, 9.17) is 9.47 Å². The molecule has 3 aliphatic rings. The monoisotopic (exact) mass is 356 g/mol. The van der Waals surface area contributed by atoms with Gasteiger partial charge in [0.2, 0.25) is 0 Å². The predicted octanol–water partition coefficient (Wildman–Crippen LogP) is 3.06. The number of fused-ring (bicyclic) bond motifs is 2. The van der Waals surface area contributed by atoms with Gasteiger partial charge in [0.05, 0.1) is 5.69 Å². The highest BCUT2D eigenvalue weighted by Gasteiger charge is 2.27. The molecule has 1 saturated heterocycles.